The third-order valence-corrected chi connectivity index (χ3v) is 5.51. The molecule has 0 aliphatic rings. The van der Waals surface area contributed by atoms with Crippen molar-refractivity contribution < 1.29 is 0 Å². The standard InChI is InChI=1S/C11H26Si/c1-5-6-7-8-9-10-11(2)12(3)4/h11-12H,5-10H2,1-4H3. The molecule has 0 aliphatic heterocycles. The number of hydrogen-bond acceptors (Lipinski definition) is 0. The van der Waals surface area contributed by atoms with E-state index in [9.17, 15) is 0 Å². The average molecular weight is 186 g/mol. The Morgan fingerprint density at radius 3 is 2.08 bits per heavy atom. The molecular weight excluding hydrogens is 160 g/mol. The Morgan fingerprint density at radius 2 is 1.58 bits per heavy atom. The number of hydrogen-bond donors (Lipinski definition) is 0. The third-order valence-electron chi connectivity index (χ3n) is 2.90. The zero-order valence-corrected chi connectivity index (χ0v) is 10.6. The first kappa shape index (κ1) is 12.2. The first-order valence-electron chi connectivity index (χ1n) is 5.68. The van der Waals surface area contributed by atoms with Gasteiger partial charge in [0.05, 0.1) is 0 Å². The molecule has 0 aromatic rings. The van der Waals surface area contributed by atoms with E-state index in [0.29, 0.717) is 0 Å². The maximum Gasteiger partial charge on any atom is 0.0334 e. The molecule has 0 aromatic carbocycles. The smallest absolute Gasteiger partial charge is 0.0334 e. The Hall–Kier alpha value is 0.217. The number of rotatable bonds is 7. The van der Waals surface area contributed by atoms with Gasteiger partial charge < -0.3 is 0 Å². The number of unbranched alkanes of at least 4 members (excludes halogenated alkanes) is 4. The summed E-state index contributed by atoms with van der Waals surface area (Å²) in [6, 6.07) is 0. The van der Waals surface area contributed by atoms with Crippen LogP contribution >= 0.6 is 0 Å². The molecule has 0 rings (SSSR count). The quantitative estimate of drug-likeness (QED) is 0.412. The summed E-state index contributed by atoms with van der Waals surface area (Å²) in [5.74, 6) is 0. The van der Waals surface area contributed by atoms with Gasteiger partial charge in [-0.15, -0.1) is 0 Å². The zero-order chi connectivity index (χ0) is 9.40. The molecule has 1 atom stereocenters. The second kappa shape index (κ2) is 7.84. The van der Waals surface area contributed by atoms with Crippen molar-refractivity contribution in [3.8, 4) is 0 Å². The van der Waals surface area contributed by atoms with Crippen LogP contribution in [0.1, 0.15) is 52.4 Å². The molecule has 0 radical (unpaired) electrons. The van der Waals surface area contributed by atoms with Gasteiger partial charge >= 0.3 is 0 Å². The molecule has 0 saturated heterocycles. The maximum absolute atomic E-state index is 2.47. The van der Waals surface area contributed by atoms with Crippen LogP contribution in [0.2, 0.25) is 18.6 Å². The van der Waals surface area contributed by atoms with Gasteiger partial charge in [0.15, 0.2) is 0 Å². The monoisotopic (exact) mass is 186 g/mol. The minimum atomic E-state index is -0.323. The summed E-state index contributed by atoms with van der Waals surface area (Å²) in [6.45, 7) is 9.66. The van der Waals surface area contributed by atoms with Crippen LogP contribution in [0.5, 0.6) is 0 Å². The molecular formula is C11H26Si. The van der Waals surface area contributed by atoms with Gasteiger partial charge in [-0.2, -0.15) is 0 Å². The molecule has 12 heavy (non-hydrogen) atoms. The second-order valence-electron chi connectivity index (χ2n) is 4.42. The summed E-state index contributed by atoms with van der Waals surface area (Å²) < 4.78 is 0. The highest BCUT2D eigenvalue weighted by atomic mass is 28.3. The van der Waals surface area contributed by atoms with Crippen LogP contribution in [0.25, 0.3) is 0 Å². The van der Waals surface area contributed by atoms with Gasteiger partial charge in [0.1, 0.15) is 0 Å². The van der Waals surface area contributed by atoms with Crippen LogP contribution in [0, 0.1) is 0 Å². The van der Waals surface area contributed by atoms with E-state index in [0.717, 1.165) is 5.54 Å². The lowest BCUT2D eigenvalue weighted by molar-refractivity contribution is 0.598. The molecule has 0 N–H and O–H groups in total. The normalized spacial score (nSPS) is 13.8. The highest BCUT2D eigenvalue weighted by molar-refractivity contribution is 6.57. The van der Waals surface area contributed by atoms with Crippen LogP contribution in [0.4, 0.5) is 0 Å². The van der Waals surface area contributed by atoms with Crippen molar-refractivity contribution in [1.29, 1.82) is 0 Å². The molecule has 0 amide bonds. The molecule has 0 fully saturated rings. The minimum Gasteiger partial charge on any atom is -0.0720 e. The molecule has 0 aromatic heterocycles. The highest BCUT2D eigenvalue weighted by Crippen LogP contribution is 2.18. The van der Waals surface area contributed by atoms with E-state index in [1.54, 1.807) is 0 Å². The zero-order valence-electron chi connectivity index (χ0n) is 9.40. The van der Waals surface area contributed by atoms with Crippen molar-refractivity contribution >= 4 is 8.80 Å². The molecule has 0 aliphatic carbocycles. The molecule has 1 heteroatoms. The highest BCUT2D eigenvalue weighted by Gasteiger charge is 2.06. The van der Waals surface area contributed by atoms with Gasteiger partial charge in [-0.1, -0.05) is 71.0 Å². The lowest BCUT2D eigenvalue weighted by Gasteiger charge is -2.13. The Balaban J connectivity index is 3.08. The molecule has 0 saturated carbocycles. The molecule has 1 unspecified atom stereocenters. The van der Waals surface area contributed by atoms with E-state index in [1.165, 1.54) is 38.5 Å². The van der Waals surface area contributed by atoms with Crippen molar-refractivity contribution in [3.05, 3.63) is 0 Å². The summed E-state index contributed by atoms with van der Waals surface area (Å²) in [5.41, 5.74) is 1.06. The van der Waals surface area contributed by atoms with Crippen molar-refractivity contribution in [2.75, 3.05) is 0 Å². The van der Waals surface area contributed by atoms with Gasteiger partial charge in [0, 0.05) is 8.80 Å². The fourth-order valence-electron chi connectivity index (χ4n) is 1.40. The van der Waals surface area contributed by atoms with Crippen LogP contribution in [-0.2, 0) is 0 Å². The van der Waals surface area contributed by atoms with Crippen molar-refractivity contribution in [2.45, 2.75) is 71.0 Å². The largest absolute Gasteiger partial charge is 0.0720 e. The lowest BCUT2D eigenvalue weighted by atomic mass is 10.1. The van der Waals surface area contributed by atoms with Crippen LogP contribution in [-0.4, -0.2) is 8.80 Å². The summed E-state index contributed by atoms with van der Waals surface area (Å²) >= 11 is 0. The van der Waals surface area contributed by atoms with Gasteiger partial charge in [-0.25, -0.2) is 0 Å². The van der Waals surface area contributed by atoms with E-state index < -0.39 is 0 Å². The van der Waals surface area contributed by atoms with Gasteiger partial charge in [0.25, 0.3) is 0 Å². The summed E-state index contributed by atoms with van der Waals surface area (Å²) in [6.07, 6.45) is 8.71. The van der Waals surface area contributed by atoms with E-state index in [2.05, 4.69) is 26.9 Å². The molecule has 0 bridgehead atoms. The van der Waals surface area contributed by atoms with Crippen LogP contribution < -0.4 is 0 Å². The third kappa shape index (κ3) is 6.90. The summed E-state index contributed by atoms with van der Waals surface area (Å²) in [7, 11) is -0.323. The topological polar surface area (TPSA) is 0 Å². The van der Waals surface area contributed by atoms with E-state index in [-0.39, 0.29) is 8.80 Å². The van der Waals surface area contributed by atoms with E-state index >= 15 is 0 Å². The van der Waals surface area contributed by atoms with Gasteiger partial charge in [-0.3, -0.25) is 0 Å². The SMILES string of the molecule is CCCCCCCC(C)[SiH](C)C. The summed E-state index contributed by atoms with van der Waals surface area (Å²) in [5, 5.41) is 0. The molecule has 0 spiro atoms. The van der Waals surface area contributed by atoms with E-state index in [4.69, 9.17) is 0 Å². The molecule has 0 nitrogen and oxygen atoms in total. The first-order valence-corrected chi connectivity index (χ1v) is 8.66. The Morgan fingerprint density at radius 1 is 1.00 bits per heavy atom. The van der Waals surface area contributed by atoms with Crippen LogP contribution in [0.15, 0.2) is 0 Å². The maximum atomic E-state index is 2.47. The minimum absolute atomic E-state index is 0.323. The lowest BCUT2D eigenvalue weighted by Crippen LogP contribution is -2.08. The predicted octanol–water partition coefficient (Wildman–Crippen LogP) is 4.22. The van der Waals surface area contributed by atoms with Crippen molar-refractivity contribution in [2.24, 2.45) is 0 Å². The Bertz CT molecular complexity index is 89.0. The summed E-state index contributed by atoms with van der Waals surface area (Å²) in [4.78, 5) is 0. The fraction of sp³-hybridized carbons (Fsp3) is 1.00. The van der Waals surface area contributed by atoms with Gasteiger partial charge in [0.2, 0.25) is 0 Å². The second-order valence-corrected chi connectivity index (χ2v) is 8.05. The van der Waals surface area contributed by atoms with E-state index in [1.807, 2.05) is 0 Å². The van der Waals surface area contributed by atoms with Crippen molar-refractivity contribution in [3.63, 3.8) is 0 Å². The first-order chi connectivity index (χ1) is 5.68. The molecule has 74 valence electrons. The predicted molar refractivity (Wildman–Crippen MR) is 61.7 cm³/mol. The van der Waals surface area contributed by atoms with Crippen LogP contribution in [0.3, 0.4) is 0 Å². The molecule has 0 heterocycles. The van der Waals surface area contributed by atoms with Crippen molar-refractivity contribution in [1.82, 2.24) is 0 Å². The Labute approximate surface area is 80.4 Å². The fourth-order valence-corrected chi connectivity index (χ4v) is 2.31. The van der Waals surface area contributed by atoms with Gasteiger partial charge in [-0.05, 0) is 0 Å². The Kier molecular flexibility index (Phi) is 7.99. The average Bonchev–Trinajstić information content (AvgIpc) is 2.03.